The molecule has 0 aliphatic carbocycles. The quantitative estimate of drug-likeness (QED) is 0.127. The van der Waals surface area contributed by atoms with E-state index in [0.29, 0.717) is 31.2 Å². The van der Waals surface area contributed by atoms with Crippen molar-refractivity contribution < 1.29 is 95.9 Å². The topological polar surface area (TPSA) is 166 Å². The van der Waals surface area contributed by atoms with Crippen LogP contribution in [0.5, 0.6) is 11.5 Å². The van der Waals surface area contributed by atoms with Crippen molar-refractivity contribution in [1.29, 1.82) is 0 Å². The predicted octanol–water partition coefficient (Wildman–Crippen LogP) is 10.9. The number of piperidine rings is 2. The summed E-state index contributed by atoms with van der Waals surface area (Å²) >= 11 is 0. The van der Waals surface area contributed by atoms with Gasteiger partial charge < -0.3 is 34.3 Å². The molecule has 2 aromatic carbocycles. The number of esters is 2. The van der Waals surface area contributed by atoms with Gasteiger partial charge in [0, 0.05) is 50.7 Å². The number of halogens is 12. The van der Waals surface area contributed by atoms with Gasteiger partial charge in [0.25, 0.3) is 5.91 Å². The van der Waals surface area contributed by atoms with Crippen LogP contribution in [0.2, 0.25) is 0 Å². The molecule has 1 amide bonds. The Balaban J connectivity index is 0.000000267. The number of carbonyl (C=O) groups excluding carboxylic acids is 3. The largest absolute Gasteiger partial charge is 0.478 e. The molecule has 13 nitrogen and oxygen atoms in total. The number of hydrogen-bond acceptors (Lipinski definition) is 11. The second kappa shape index (κ2) is 22.6. The van der Waals surface area contributed by atoms with Gasteiger partial charge in [-0.15, -0.1) is 0 Å². The molecule has 0 radical (unpaired) electrons. The Morgan fingerprint density at radius 1 is 0.575 bits per heavy atom. The van der Waals surface area contributed by atoms with Crippen LogP contribution >= 0.6 is 0 Å². The highest BCUT2D eigenvalue weighted by molar-refractivity contribution is 5.96. The van der Waals surface area contributed by atoms with Crippen LogP contribution in [0, 0.1) is 0 Å². The zero-order valence-electron chi connectivity index (χ0n) is 39.8. The molecule has 4 aromatic rings. The number of pyridine rings is 2. The Bertz CT molecular complexity index is 2530. The summed E-state index contributed by atoms with van der Waals surface area (Å²) < 4.78 is 176. The van der Waals surface area contributed by atoms with Gasteiger partial charge in [-0.2, -0.15) is 52.7 Å². The first kappa shape index (κ1) is 58.9. The summed E-state index contributed by atoms with van der Waals surface area (Å²) in [6.07, 6.45) is -13.9. The van der Waals surface area contributed by atoms with E-state index in [-0.39, 0.29) is 37.4 Å². The highest BCUT2D eigenvalue weighted by Crippen LogP contribution is 2.38. The zero-order valence-corrected chi connectivity index (χ0v) is 39.8. The van der Waals surface area contributed by atoms with Gasteiger partial charge in [0.15, 0.2) is 0 Å². The first-order valence-electron chi connectivity index (χ1n) is 21.9. The zero-order chi connectivity index (χ0) is 55.0. The monoisotopic (exact) mass is 1050 g/mol. The van der Waals surface area contributed by atoms with Crippen molar-refractivity contribution >= 4 is 23.8 Å². The smallest absolute Gasteiger partial charge is 0.417 e. The Labute approximate surface area is 410 Å². The third-order valence-electron chi connectivity index (χ3n) is 10.3. The number of aromatic nitrogens is 2. The lowest BCUT2D eigenvalue weighted by Crippen LogP contribution is -2.59. The van der Waals surface area contributed by atoms with E-state index in [9.17, 15) is 71.9 Å². The van der Waals surface area contributed by atoms with Gasteiger partial charge in [-0.25, -0.2) is 14.4 Å². The number of carboxylic acid groups (broad SMARTS) is 1. The predicted molar refractivity (Wildman–Crippen MR) is 234 cm³/mol. The number of ether oxygens (including phenoxy) is 4. The van der Waals surface area contributed by atoms with Crippen molar-refractivity contribution in [2.75, 3.05) is 26.2 Å². The molecule has 73 heavy (non-hydrogen) atoms. The molecular weight excluding hydrogens is 1000 g/mol. The standard InChI is InChI=1S/C24H24F6N2O4.C17H22F3NO3.C7H4F3NO2/c1-21(2,3)36-20(34)22(35-16-7-5-15(6-8-16)23(25,26)27)10-4-12-32(14-22)19(33)17-13-31-11-9-18(17)24(28,29)30;1-15(2,3)24-14(22)16(9-4-10-21-11-16)23-13-7-5-12(6-8-13)17(18,19)20;8-7(9,10)5-1-2-11-3-4(5)6(12)13/h5-9,11,13H,4,10,12,14H2,1-3H3;5-8,21H,4,9-11H2,1-3H3;1-3H,(H,12,13). The number of aromatic carboxylic acids is 1. The third-order valence-corrected chi connectivity index (χ3v) is 10.3. The van der Waals surface area contributed by atoms with E-state index in [2.05, 4.69) is 15.3 Å². The molecule has 2 N–H and O–H groups in total. The number of nitrogens with one attached hydrogen (secondary N) is 1. The number of rotatable bonds is 8. The highest BCUT2D eigenvalue weighted by Gasteiger charge is 2.50. The maximum Gasteiger partial charge on any atom is 0.417 e. The number of likely N-dealkylation sites (tertiary alicyclic amines) is 1. The molecule has 2 aromatic heterocycles. The van der Waals surface area contributed by atoms with Crippen molar-refractivity contribution in [3.63, 3.8) is 0 Å². The maximum absolute atomic E-state index is 13.5. The van der Waals surface area contributed by atoms with Crippen molar-refractivity contribution in [2.24, 2.45) is 0 Å². The maximum atomic E-state index is 13.5. The number of nitrogens with zero attached hydrogens (tertiary/aromatic N) is 3. The van der Waals surface area contributed by atoms with Crippen LogP contribution in [0.15, 0.2) is 85.5 Å². The first-order chi connectivity index (χ1) is 33.5. The van der Waals surface area contributed by atoms with Gasteiger partial charge in [0.2, 0.25) is 11.2 Å². The Morgan fingerprint density at radius 2 is 0.986 bits per heavy atom. The van der Waals surface area contributed by atoms with Gasteiger partial charge in [-0.3, -0.25) is 14.8 Å². The number of carboxylic acids is 1. The fourth-order valence-corrected chi connectivity index (χ4v) is 7.08. The molecule has 2 unspecified atom stereocenters. The van der Waals surface area contributed by atoms with E-state index >= 15 is 0 Å². The molecule has 0 bridgehead atoms. The normalized spacial score (nSPS) is 18.7. The number of amides is 1. The molecule has 4 heterocycles. The minimum Gasteiger partial charge on any atom is -0.478 e. The summed E-state index contributed by atoms with van der Waals surface area (Å²) in [5.41, 5.74) is -10.3. The van der Waals surface area contributed by atoms with Crippen LogP contribution < -0.4 is 14.8 Å². The minimum absolute atomic E-state index is 0.0197. The second-order valence-corrected chi connectivity index (χ2v) is 18.5. The van der Waals surface area contributed by atoms with E-state index < -0.39 is 111 Å². The number of hydrogen-bond donors (Lipinski definition) is 2. The minimum atomic E-state index is -4.82. The van der Waals surface area contributed by atoms with E-state index in [4.69, 9.17) is 24.1 Å². The lowest BCUT2D eigenvalue weighted by molar-refractivity contribution is -0.178. The Morgan fingerprint density at radius 3 is 1.37 bits per heavy atom. The number of benzene rings is 2. The molecule has 2 saturated heterocycles. The summed E-state index contributed by atoms with van der Waals surface area (Å²) in [5.74, 6) is -3.95. The summed E-state index contributed by atoms with van der Waals surface area (Å²) in [6.45, 7) is 10.6. The lowest BCUT2D eigenvalue weighted by Gasteiger charge is -2.42. The fourth-order valence-electron chi connectivity index (χ4n) is 7.08. The summed E-state index contributed by atoms with van der Waals surface area (Å²) in [5, 5.41) is 11.5. The van der Waals surface area contributed by atoms with Gasteiger partial charge in [-0.1, -0.05) is 0 Å². The van der Waals surface area contributed by atoms with Gasteiger partial charge in [0.05, 0.1) is 39.9 Å². The summed E-state index contributed by atoms with van der Waals surface area (Å²) in [4.78, 5) is 57.2. The number of alkyl halides is 12. The summed E-state index contributed by atoms with van der Waals surface area (Å²) in [7, 11) is 0. The van der Waals surface area contributed by atoms with E-state index in [1.54, 1.807) is 41.5 Å². The van der Waals surface area contributed by atoms with Crippen LogP contribution in [-0.2, 0) is 43.8 Å². The molecule has 6 rings (SSSR count). The SMILES string of the molecule is CC(C)(C)OC(=O)C1(Oc2ccc(C(F)(F)F)cc2)CCCN(C(=O)c2cnccc2C(F)(F)F)C1.CC(C)(C)OC(=O)C1(Oc2ccc(C(F)(F)F)cc2)CCCNC1.O=C(O)c1cnccc1C(F)(F)F. The van der Waals surface area contributed by atoms with E-state index in [1.165, 1.54) is 12.1 Å². The summed E-state index contributed by atoms with van der Waals surface area (Å²) in [6, 6.07) is 9.23. The van der Waals surface area contributed by atoms with E-state index in [0.717, 1.165) is 66.4 Å². The second-order valence-electron chi connectivity index (χ2n) is 18.5. The van der Waals surface area contributed by atoms with Crippen LogP contribution in [-0.4, -0.2) is 92.4 Å². The van der Waals surface area contributed by atoms with Crippen molar-refractivity contribution in [1.82, 2.24) is 20.2 Å². The molecule has 25 heteroatoms. The average molecular weight is 1050 g/mol. The molecule has 2 aliphatic rings. The average Bonchev–Trinajstić information content (AvgIpc) is 3.27. The highest BCUT2D eigenvalue weighted by atomic mass is 19.4. The molecule has 2 atom stereocenters. The molecular formula is C48H50F12N4O9. The number of carbonyl (C=O) groups is 4. The van der Waals surface area contributed by atoms with Gasteiger partial charge in [0.1, 0.15) is 22.7 Å². The van der Waals surface area contributed by atoms with Crippen LogP contribution in [0.1, 0.15) is 110 Å². The third kappa shape index (κ3) is 16.7. The molecule has 0 saturated carbocycles. The molecule has 2 aliphatic heterocycles. The first-order valence-corrected chi connectivity index (χ1v) is 21.9. The Hall–Kier alpha value is -6.66. The van der Waals surface area contributed by atoms with Crippen LogP contribution in [0.4, 0.5) is 52.7 Å². The van der Waals surface area contributed by atoms with Crippen molar-refractivity contribution in [3.8, 4) is 11.5 Å². The van der Waals surface area contributed by atoms with Gasteiger partial charge in [-0.05, 0) is 122 Å². The molecule has 400 valence electrons. The van der Waals surface area contributed by atoms with Crippen LogP contribution in [0.25, 0.3) is 0 Å². The van der Waals surface area contributed by atoms with Crippen molar-refractivity contribution in [2.45, 2.75) is 114 Å². The fraction of sp³-hybridized carbons (Fsp3) is 0.458. The van der Waals surface area contributed by atoms with E-state index in [1.807, 2.05) is 0 Å². The van der Waals surface area contributed by atoms with Gasteiger partial charge >= 0.3 is 42.6 Å². The Kier molecular flexibility index (Phi) is 18.3. The van der Waals surface area contributed by atoms with Crippen LogP contribution in [0.3, 0.4) is 0 Å². The molecule has 2 fully saturated rings. The molecule has 0 spiro atoms. The lowest BCUT2D eigenvalue weighted by atomic mass is 9.91. The van der Waals surface area contributed by atoms with Crippen molar-refractivity contribution in [3.05, 3.63) is 119 Å².